The van der Waals surface area contributed by atoms with Gasteiger partial charge in [0.1, 0.15) is 5.78 Å². The molecular formula is C10H14O. The number of hydrogen-bond donors (Lipinski definition) is 0. The van der Waals surface area contributed by atoms with Gasteiger partial charge in [0.2, 0.25) is 0 Å². The van der Waals surface area contributed by atoms with Crippen LogP contribution in [0.1, 0.15) is 26.2 Å². The van der Waals surface area contributed by atoms with Gasteiger partial charge in [-0.15, -0.1) is 0 Å². The maximum atomic E-state index is 11.3. The van der Waals surface area contributed by atoms with Crippen molar-refractivity contribution in [1.82, 2.24) is 0 Å². The van der Waals surface area contributed by atoms with Gasteiger partial charge in [-0.05, 0) is 24.7 Å². The third kappa shape index (κ3) is 1.03. The summed E-state index contributed by atoms with van der Waals surface area (Å²) in [6, 6.07) is 0. The van der Waals surface area contributed by atoms with E-state index in [1.54, 1.807) is 0 Å². The van der Waals surface area contributed by atoms with Crippen molar-refractivity contribution in [2.75, 3.05) is 0 Å². The van der Waals surface area contributed by atoms with Gasteiger partial charge >= 0.3 is 0 Å². The fourth-order valence-corrected chi connectivity index (χ4v) is 2.42. The second-order valence-electron chi connectivity index (χ2n) is 3.83. The highest BCUT2D eigenvalue weighted by atomic mass is 16.1. The maximum Gasteiger partial charge on any atom is 0.136 e. The molecule has 1 fully saturated rings. The van der Waals surface area contributed by atoms with Gasteiger partial charge in [-0.2, -0.15) is 0 Å². The molecule has 0 bridgehead atoms. The summed E-state index contributed by atoms with van der Waals surface area (Å²) in [5.74, 6) is 2.18. The molecule has 2 rings (SSSR count). The van der Waals surface area contributed by atoms with Crippen molar-refractivity contribution in [2.24, 2.45) is 17.8 Å². The average molecular weight is 150 g/mol. The van der Waals surface area contributed by atoms with Gasteiger partial charge in [-0.1, -0.05) is 19.1 Å². The van der Waals surface area contributed by atoms with Crippen LogP contribution in [0.5, 0.6) is 0 Å². The van der Waals surface area contributed by atoms with Crippen LogP contribution >= 0.6 is 0 Å². The smallest absolute Gasteiger partial charge is 0.136 e. The predicted molar refractivity (Wildman–Crippen MR) is 44.1 cm³/mol. The van der Waals surface area contributed by atoms with E-state index in [0.717, 1.165) is 19.3 Å². The highest BCUT2D eigenvalue weighted by Gasteiger charge is 2.38. The van der Waals surface area contributed by atoms with E-state index in [9.17, 15) is 4.79 Å². The molecule has 60 valence electrons. The SMILES string of the molecule is CC1C(=O)CC2CC=CCC21. The zero-order valence-corrected chi connectivity index (χ0v) is 6.92. The number of hydrogen-bond acceptors (Lipinski definition) is 1. The fraction of sp³-hybridized carbons (Fsp3) is 0.700. The van der Waals surface area contributed by atoms with E-state index in [1.165, 1.54) is 0 Å². The number of rotatable bonds is 0. The molecule has 2 aliphatic rings. The van der Waals surface area contributed by atoms with Gasteiger partial charge in [0.05, 0.1) is 0 Å². The minimum absolute atomic E-state index is 0.338. The molecule has 0 amide bonds. The van der Waals surface area contributed by atoms with Crippen LogP contribution in [0.3, 0.4) is 0 Å². The molecule has 3 atom stereocenters. The molecule has 1 heteroatoms. The first-order valence-electron chi connectivity index (χ1n) is 4.46. The van der Waals surface area contributed by atoms with Crippen LogP contribution in [0.4, 0.5) is 0 Å². The number of Topliss-reactive ketones (excluding diaryl/α,β-unsaturated/α-hetero) is 1. The predicted octanol–water partition coefficient (Wildman–Crippen LogP) is 2.18. The number of allylic oxidation sites excluding steroid dienone is 2. The molecule has 0 heterocycles. The Kier molecular flexibility index (Phi) is 1.59. The Hall–Kier alpha value is -0.590. The van der Waals surface area contributed by atoms with Gasteiger partial charge in [0, 0.05) is 12.3 Å². The minimum Gasteiger partial charge on any atom is -0.299 e. The molecule has 1 nitrogen and oxygen atoms in total. The summed E-state index contributed by atoms with van der Waals surface area (Å²) in [5, 5.41) is 0. The summed E-state index contributed by atoms with van der Waals surface area (Å²) in [6.45, 7) is 2.09. The van der Waals surface area contributed by atoms with Crippen molar-refractivity contribution in [2.45, 2.75) is 26.2 Å². The van der Waals surface area contributed by atoms with E-state index in [2.05, 4.69) is 19.1 Å². The standard InChI is InChI=1S/C10H14O/c1-7-9-5-3-2-4-8(9)6-10(7)11/h2-3,7-9H,4-6H2,1H3. The molecule has 0 aromatic rings. The quantitative estimate of drug-likeness (QED) is 0.484. The Balaban J connectivity index is 2.18. The lowest BCUT2D eigenvalue weighted by Gasteiger charge is -2.22. The van der Waals surface area contributed by atoms with Gasteiger partial charge < -0.3 is 0 Å². The van der Waals surface area contributed by atoms with Gasteiger partial charge in [0.15, 0.2) is 0 Å². The molecule has 0 aromatic carbocycles. The van der Waals surface area contributed by atoms with Crippen LogP contribution in [0.25, 0.3) is 0 Å². The lowest BCUT2D eigenvalue weighted by Crippen LogP contribution is -2.15. The van der Waals surface area contributed by atoms with E-state index in [0.29, 0.717) is 23.5 Å². The van der Waals surface area contributed by atoms with Crippen molar-refractivity contribution in [3.8, 4) is 0 Å². The topological polar surface area (TPSA) is 17.1 Å². The maximum absolute atomic E-state index is 11.3. The number of carbonyl (C=O) groups is 1. The molecular weight excluding hydrogens is 136 g/mol. The summed E-state index contributed by atoms with van der Waals surface area (Å²) in [5.41, 5.74) is 0. The number of ketones is 1. The van der Waals surface area contributed by atoms with Gasteiger partial charge in [-0.3, -0.25) is 4.79 Å². The molecule has 0 aliphatic heterocycles. The second kappa shape index (κ2) is 2.47. The Labute approximate surface area is 67.5 Å². The fourth-order valence-electron chi connectivity index (χ4n) is 2.42. The molecule has 0 aromatic heterocycles. The lowest BCUT2D eigenvalue weighted by molar-refractivity contribution is -0.120. The first-order chi connectivity index (χ1) is 5.29. The third-order valence-electron chi connectivity index (χ3n) is 3.23. The monoisotopic (exact) mass is 150 g/mol. The molecule has 2 aliphatic carbocycles. The van der Waals surface area contributed by atoms with E-state index in [-0.39, 0.29) is 0 Å². The van der Waals surface area contributed by atoms with Crippen LogP contribution in [0.2, 0.25) is 0 Å². The van der Waals surface area contributed by atoms with E-state index in [1.807, 2.05) is 0 Å². The summed E-state index contributed by atoms with van der Waals surface area (Å²) >= 11 is 0. The van der Waals surface area contributed by atoms with Crippen molar-refractivity contribution in [1.29, 1.82) is 0 Å². The largest absolute Gasteiger partial charge is 0.299 e. The Morgan fingerprint density at radius 1 is 1.36 bits per heavy atom. The second-order valence-corrected chi connectivity index (χ2v) is 3.83. The Morgan fingerprint density at radius 2 is 2.09 bits per heavy atom. The zero-order valence-electron chi connectivity index (χ0n) is 6.92. The molecule has 11 heavy (non-hydrogen) atoms. The average Bonchev–Trinajstić information content (AvgIpc) is 2.30. The highest BCUT2D eigenvalue weighted by Crippen LogP contribution is 2.41. The highest BCUT2D eigenvalue weighted by molar-refractivity contribution is 5.83. The Bertz CT molecular complexity index is 205. The van der Waals surface area contributed by atoms with Gasteiger partial charge in [0.25, 0.3) is 0 Å². The lowest BCUT2D eigenvalue weighted by atomic mass is 9.82. The molecule has 0 N–H and O–H groups in total. The first-order valence-corrected chi connectivity index (χ1v) is 4.46. The van der Waals surface area contributed by atoms with Crippen LogP contribution in [0.15, 0.2) is 12.2 Å². The molecule has 0 saturated heterocycles. The van der Waals surface area contributed by atoms with E-state index < -0.39 is 0 Å². The van der Waals surface area contributed by atoms with Crippen LogP contribution in [-0.2, 0) is 4.79 Å². The van der Waals surface area contributed by atoms with Crippen molar-refractivity contribution >= 4 is 5.78 Å². The van der Waals surface area contributed by atoms with Crippen molar-refractivity contribution in [3.05, 3.63) is 12.2 Å². The van der Waals surface area contributed by atoms with E-state index >= 15 is 0 Å². The van der Waals surface area contributed by atoms with E-state index in [4.69, 9.17) is 0 Å². The molecule has 3 unspecified atom stereocenters. The zero-order chi connectivity index (χ0) is 7.84. The summed E-state index contributed by atoms with van der Waals surface area (Å²) in [6.07, 6.45) is 7.58. The van der Waals surface area contributed by atoms with Gasteiger partial charge in [-0.25, -0.2) is 0 Å². The number of fused-ring (bicyclic) bond motifs is 1. The third-order valence-corrected chi connectivity index (χ3v) is 3.23. The first kappa shape index (κ1) is 7.08. The number of carbonyl (C=O) groups excluding carboxylic acids is 1. The Morgan fingerprint density at radius 3 is 2.82 bits per heavy atom. The van der Waals surface area contributed by atoms with Crippen LogP contribution in [-0.4, -0.2) is 5.78 Å². The molecule has 0 radical (unpaired) electrons. The van der Waals surface area contributed by atoms with Crippen molar-refractivity contribution < 1.29 is 4.79 Å². The summed E-state index contributed by atoms with van der Waals surface area (Å²) in [7, 11) is 0. The normalized spacial score (nSPS) is 42.6. The summed E-state index contributed by atoms with van der Waals surface area (Å²) < 4.78 is 0. The van der Waals surface area contributed by atoms with Crippen LogP contribution in [0, 0.1) is 17.8 Å². The summed E-state index contributed by atoms with van der Waals surface area (Å²) in [4.78, 5) is 11.3. The molecule has 1 saturated carbocycles. The minimum atomic E-state index is 0.338. The molecule has 0 spiro atoms. The van der Waals surface area contributed by atoms with Crippen LogP contribution < -0.4 is 0 Å². The van der Waals surface area contributed by atoms with Crippen molar-refractivity contribution in [3.63, 3.8) is 0 Å².